The molecule has 3 nitrogen and oxygen atoms in total. The highest BCUT2D eigenvalue weighted by Crippen LogP contribution is 2.13. The van der Waals surface area contributed by atoms with Crippen molar-refractivity contribution in [1.82, 2.24) is 4.98 Å². The number of thiocarbonyl (C=S) groups is 1. The van der Waals surface area contributed by atoms with E-state index in [1.54, 1.807) is 12.4 Å². The van der Waals surface area contributed by atoms with Gasteiger partial charge in [-0.3, -0.25) is 4.98 Å². The number of aromatic nitrogens is 1. The minimum absolute atomic E-state index is 0.402. The minimum atomic E-state index is 0.402. The van der Waals surface area contributed by atoms with Gasteiger partial charge in [0.05, 0.1) is 11.9 Å². The van der Waals surface area contributed by atoms with E-state index in [4.69, 9.17) is 18.0 Å². The molecule has 0 bridgehead atoms. The van der Waals surface area contributed by atoms with Crippen molar-refractivity contribution in [3.63, 3.8) is 0 Å². The van der Waals surface area contributed by atoms with E-state index in [0.29, 0.717) is 10.9 Å². The minimum Gasteiger partial charge on any atom is -0.389 e. The van der Waals surface area contributed by atoms with E-state index in [-0.39, 0.29) is 0 Å². The largest absolute Gasteiger partial charge is 0.389 e. The Balaban J connectivity index is 2.79. The van der Waals surface area contributed by atoms with Crippen LogP contribution < -0.4 is 11.1 Å². The van der Waals surface area contributed by atoms with Gasteiger partial charge in [0.1, 0.15) is 4.99 Å². The van der Waals surface area contributed by atoms with Crippen LogP contribution in [0.25, 0.3) is 0 Å². The molecule has 0 unspecified atom stereocenters. The molecule has 0 spiro atoms. The second kappa shape index (κ2) is 4.91. The van der Waals surface area contributed by atoms with Crippen LogP contribution in [0.1, 0.15) is 19.4 Å². The monoisotopic (exact) mass is 209 g/mol. The lowest BCUT2D eigenvalue weighted by Crippen LogP contribution is -2.15. The lowest BCUT2D eigenvalue weighted by Gasteiger charge is -2.11. The average molecular weight is 209 g/mol. The van der Waals surface area contributed by atoms with Crippen LogP contribution >= 0.6 is 12.2 Å². The van der Waals surface area contributed by atoms with Gasteiger partial charge in [-0.1, -0.05) is 26.1 Å². The van der Waals surface area contributed by atoms with E-state index in [2.05, 4.69) is 24.1 Å². The number of nitrogens with zero attached hydrogens (tertiary/aromatic N) is 1. The van der Waals surface area contributed by atoms with Gasteiger partial charge in [0.25, 0.3) is 0 Å². The zero-order valence-electron chi connectivity index (χ0n) is 8.45. The quantitative estimate of drug-likeness (QED) is 0.742. The van der Waals surface area contributed by atoms with Crippen molar-refractivity contribution in [3.05, 3.63) is 24.0 Å². The second-order valence-electron chi connectivity index (χ2n) is 3.56. The molecular weight excluding hydrogens is 194 g/mol. The van der Waals surface area contributed by atoms with Crippen molar-refractivity contribution in [2.24, 2.45) is 11.7 Å². The first kappa shape index (κ1) is 10.9. The molecule has 0 atom stereocenters. The van der Waals surface area contributed by atoms with Gasteiger partial charge in [-0.05, 0) is 12.0 Å². The lowest BCUT2D eigenvalue weighted by molar-refractivity contribution is 0.688. The molecule has 0 saturated heterocycles. The van der Waals surface area contributed by atoms with E-state index in [0.717, 1.165) is 17.8 Å². The summed E-state index contributed by atoms with van der Waals surface area (Å²) in [5.41, 5.74) is 7.35. The highest BCUT2D eigenvalue weighted by Gasteiger charge is 2.04. The summed E-state index contributed by atoms with van der Waals surface area (Å²) >= 11 is 4.94. The van der Waals surface area contributed by atoms with Gasteiger partial charge in [-0.2, -0.15) is 0 Å². The molecule has 14 heavy (non-hydrogen) atoms. The molecule has 0 aliphatic carbocycles. The lowest BCUT2D eigenvalue weighted by atomic mass is 10.2. The number of hydrogen-bond donors (Lipinski definition) is 2. The van der Waals surface area contributed by atoms with Crippen molar-refractivity contribution < 1.29 is 0 Å². The van der Waals surface area contributed by atoms with Gasteiger partial charge in [0, 0.05) is 18.3 Å². The van der Waals surface area contributed by atoms with Crippen LogP contribution in [-0.4, -0.2) is 16.5 Å². The van der Waals surface area contributed by atoms with E-state index < -0.39 is 0 Å². The summed E-state index contributed by atoms with van der Waals surface area (Å²) in [6.45, 7) is 5.18. The Morgan fingerprint density at radius 1 is 1.64 bits per heavy atom. The van der Waals surface area contributed by atoms with Crippen molar-refractivity contribution in [1.29, 1.82) is 0 Å². The SMILES string of the molecule is CC(C)CNc1cnccc1C(N)=S. The highest BCUT2D eigenvalue weighted by molar-refractivity contribution is 7.80. The molecule has 0 aromatic carbocycles. The van der Waals surface area contributed by atoms with Crippen LogP contribution in [0, 0.1) is 5.92 Å². The van der Waals surface area contributed by atoms with Crippen molar-refractivity contribution in [2.45, 2.75) is 13.8 Å². The summed E-state index contributed by atoms with van der Waals surface area (Å²) in [5, 5.41) is 3.26. The maximum absolute atomic E-state index is 5.58. The Kier molecular flexibility index (Phi) is 3.83. The first-order valence-electron chi connectivity index (χ1n) is 4.59. The summed E-state index contributed by atoms with van der Waals surface area (Å²) in [4.78, 5) is 4.43. The summed E-state index contributed by atoms with van der Waals surface area (Å²) in [6, 6.07) is 1.82. The third-order valence-electron chi connectivity index (χ3n) is 1.79. The zero-order valence-corrected chi connectivity index (χ0v) is 9.27. The summed E-state index contributed by atoms with van der Waals surface area (Å²) in [6.07, 6.45) is 3.44. The average Bonchev–Trinajstić information content (AvgIpc) is 2.15. The molecule has 0 radical (unpaired) electrons. The molecule has 0 aliphatic rings. The first-order chi connectivity index (χ1) is 6.61. The zero-order chi connectivity index (χ0) is 10.6. The predicted molar refractivity (Wildman–Crippen MR) is 63.5 cm³/mol. The van der Waals surface area contributed by atoms with Crippen LogP contribution in [0.5, 0.6) is 0 Å². The van der Waals surface area contributed by atoms with Crippen molar-refractivity contribution in [2.75, 3.05) is 11.9 Å². The fraction of sp³-hybridized carbons (Fsp3) is 0.400. The molecule has 0 amide bonds. The summed E-state index contributed by atoms with van der Waals surface area (Å²) < 4.78 is 0. The van der Waals surface area contributed by atoms with Crippen molar-refractivity contribution >= 4 is 22.9 Å². The van der Waals surface area contributed by atoms with Gasteiger partial charge < -0.3 is 11.1 Å². The number of nitrogens with two attached hydrogens (primary N) is 1. The predicted octanol–water partition coefficient (Wildman–Crippen LogP) is 1.78. The van der Waals surface area contributed by atoms with Crippen LogP contribution in [0.15, 0.2) is 18.5 Å². The molecular formula is C10H15N3S. The van der Waals surface area contributed by atoms with Gasteiger partial charge in [0.15, 0.2) is 0 Å². The maximum atomic E-state index is 5.58. The fourth-order valence-electron chi connectivity index (χ4n) is 1.06. The Labute approximate surface area is 89.7 Å². The topological polar surface area (TPSA) is 50.9 Å². The first-order valence-corrected chi connectivity index (χ1v) is 4.99. The molecule has 1 aromatic rings. The van der Waals surface area contributed by atoms with Crippen molar-refractivity contribution in [3.8, 4) is 0 Å². The van der Waals surface area contributed by atoms with Crippen LogP contribution in [0.2, 0.25) is 0 Å². The number of rotatable bonds is 4. The maximum Gasteiger partial charge on any atom is 0.106 e. The second-order valence-corrected chi connectivity index (χ2v) is 4.00. The summed E-state index contributed by atoms with van der Waals surface area (Å²) in [7, 11) is 0. The van der Waals surface area contributed by atoms with E-state index in [1.165, 1.54) is 0 Å². The van der Waals surface area contributed by atoms with Crippen LogP contribution in [-0.2, 0) is 0 Å². The Hall–Kier alpha value is -1.16. The molecule has 1 heterocycles. The van der Waals surface area contributed by atoms with Gasteiger partial charge in [-0.15, -0.1) is 0 Å². The van der Waals surface area contributed by atoms with Gasteiger partial charge >= 0.3 is 0 Å². The summed E-state index contributed by atoms with van der Waals surface area (Å²) in [5.74, 6) is 0.578. The van der Waals surface area contributed by atoms with Crippen LogP contribution in [0.3, 0.4) is 0 Å². The van der Waals surface area contributed by atoms with E-state index >= 15 is 0 Å². The third-order valence-corrected chi connectivity index (χ3v) is 2.01. The normalized spacial score (nSPS) is 10.2. The highest BCUT2D eigenvalue weighted by atomic mass is 32.1. The molecule has 0 aliphatic heterocycles. The van der Waals surface area contributed by atoms with Gasteiger partial charge in [-0.25, -0.2) is 0 Å². The van der Waals surface area contributed by atoms with E-state index in [9.17, 15) is 0 Å². The molecule has 0 fully saturated rings. The standard InChI is InChI=1S/C10H15N3S/c1-7(2)5-13-9-6-12-4-3-8(9)10(11)14/h3-4,6-7,13H,5H2,1-2H3,(H2,11,14). The fourth-order valence-corrected chi connectivity index (χ4v) is 1.24. The number of hydrogen-bond acceptors (Lipinski definition) is 3. The molecule has 1 rings (SSSR count). The molecule has 76 valence electrons. The Morgan fingerprint density at radius 2 is 2.36 bits per heavy atom. The van der Waals surface area contributed by atoms with Crippen LogP contribution in [0.4, 0.5) is 5.69 Å². The molecule has 3 N–H and O–H groups in total. The number of anilines is 1. The number of nitrogens with one attached hydrogen (secondary N) is 1. The smallest absolute Gasteiger partial charge is 0.106 e. The Morgan fingerprint density at radius 3 is 2.93 bits per heavy atom. The van der Waals surface area contributed by atoms with E-state index in [1.807, 2.05) is 6.07 Å². The third kappa shape index (κ3) is 2.96. The number of pyridine rings is 1. The molecule has 0 saturated carbocycles. The van der Waals surface area contributed by atoms with Gasteiger partial charge in [0.2, 0.25) is 0 Å². The Bertz CT molecular complexity index is 323. The molecule has 1 aromatic heterocycles. The molecule has 4 heteroatoms.